The first-order valence-electron chi connectivity index (χ1n) is 6.79. The van der Waals surface area contributed by atoms with Gasteiger partial charge in [-0.3, -0.25) is 0 Å². The van der Waals surface area contributed by atoms with E-state index in [0.29, 0.717) is 0 Å². The zero-order chi connectivity index (χ0) is 12.1. The third-order valence-corrected chi connectivity index (χ3v) is 6.08. The molecule has 2 fully saturated rings. The van der Waals surface area contributed by atoms with Crippen molar-refractivity contribution >= 4 is 11.6 Å². The quantitative estimate of drug-likeness (QED) is 0.476. The molecule has 3 unspecified atom stereocenters. The van der Waals surface area contributed by atoms with Crippen LogP contribution in [0.2, 0.25) is 0 Å². The molecule has 3 aliphatic rings. The Hall–Kier alpha value is -0.490. The van der Waals surface area contributed by atoms with Crippen LogP contribution in [0, 0.1) is 10.8 Å². The summed E-state index contributed by atoms with van der Waals surface area (Å²) in [5.74, 6) is 0. The first-order valence-corrected chi connectivity index (χ1v) is 7.17. The zero-order valence-corrected chi connectivity index (χ0v) is 11.2. The third-order valence-electron chi connectivity index (χ3n) is 5.42. The fourth-order valence-corrected chi connectivity index (χ4v) is 4.88. The van der Waals surface area contributed by atoms with Gasteiger partial charge in [0.25, 0.3) is 0 Å². The van der Waals surface area contributed by atoms with E-state index in [9.17, 15) is 0 Å². The molecule has 3 atom stereocenters. The second-order valence-electron chi connectivity index (χ2n) is 6.04. The Morgan fingerprint density at radius 3 is 2.76 bits per heavy atom. The van der Waals surface area contributed by atoms with Crippen molar-refractivity contribution in [2.24, 2.45) is 10.8 Å². The summed E-state index contributed by atoms with van der Waals surface area (Å²) in [7, 11) is 0. The van der Waals surface area contributed by atoms with Gasteiger partial charge in [-0.25, -0.2) is 0 Å². The van der Waals surface area contributed by atoms with E-state index in [0.717, 1.165) is 25.7 Å². The standard InChI is InChI=1S/C16H21Cl/c1-3-14(9-5-4-8-13(14)2)15-10-6-7-11-16(15,17)12-15/h3,6,10H,1-2,4-5,7-9,11-12H2. The smallest absolute Gasteiger partial charge is 0.0561 e. The van der Waals surface area contributed by atoms with Gasteiger partial charge in [-0.05, 0) is 38.5 Å². The highest BCUT2D eigenvalue weighted by atomic mass is 35.5. The van der Waals surface area contributed by atoms with Crippen molar-refractivity contribution in [3.8, 4) is 0 Å². The zero-order valence-electron chi connectivity index (χ0n) is 10.5. The summed E-state index contributed by atoms with van der Waals surface area (Å²) in [6.45, 7) is 8.48. The molecule has 0 aromatic rings. The molecule has 0 aromatic heterocycles. The number of allylic oxidation sites excluding steroid dienone is 4. The van der Waals surface area contributed by atoms with Gasteiger partial charge < -0.3 is 0 Å². The summed E-state index contributed by atoms with van der Waals surface area (Å²) in [5.41, 5.74) is 1.58. The Kier molecular flexibility index (Phi) is 2.39. The van der Waals surface area contributed by atoms with Crippen LogP contribution >= 0.6 is 11.6 Å². The van der Waals surface area contributed by atoms with Gasteiger partial charge in [0.1, 0.15) is 0 Å². The van der Waals surface area contributed by atoms with Gasteiger partial charge in [-0.15, -0.1) is 18.2 Å². The average molecular weight is 249 g/mol. The van der Waals surface area contributed by atoms with Crippen molar-refractivity contribution in [3.63, 3.8) is 0 Å². The molecule has 0 saturated heterocycles. The molecule has 0 N–H and O–H groups in total. The maximum atomic E-state index is 6.83. The highest BCUT2D eigenvalue weighted by Gasteiger charge is 2.73. The molecular weight excluding hydrogens is 228 g/mol. The van der Waals surface area contributed by atoms with Gasteiger partial charge >= 0.3 is 0 Å². The second-order valence-corrected chi connectivity index (χ2v) is 6.76. The van der Waals surface area contributed by atoms with Gasteiger partial charge in [0, 0.05) is 10.8 Å². The van der Waals surface area contributed by atoms with E-state index in [1.807, 2.05) is 0 Å². The Balaban J connectivity index is 2.07. The lowest BCUT2D eigenvalue weighted by molar-refractivity contribution is 0.228. The van der Waals surface area contributed by atoms with E-state index in [4.69, 9.17) is 11.6 Å². The molecule has 0 bridgehead atoms. The second kappa shape index (κ2) is 3.51. The lowest BCUT2D eigenvalue weighted by atomic mass is 9.59. The summed E-state index contributed by atoms with van der Waals surface area (Å²) in [5, 5.41) is 0. The monoisotopic (exact) mass is 248 g/mol. The maximum absolute atomic E-state index is 6.83. The van der Waals surface area contributed by atoms with Crippen LogP contribution in [0.5, 0.6) is 0 Å². The third kappa shape index (κ3) is 1.25. The van der Waals surface area contributed by atoms with E-state index in [2.05, 4.69) is 31.4 Å². The van der Waals surface area contributed by atoms with Crippen LogP contribution in [0.3, 0.4) is 0 Å². The Morgan fingerprint density at radius 1 is 1.29 bits per heavy atom. The number of halogens is 1. The minimum atomic E-state index is -0.00375. The van der Waals surface area contributed by atoms with Crippen LogP contribution in [0.15, 0.2) is 37.0 Å². The predicted molar refractivity (Wildman–Crippen MR) is 74.2 cm³/mol. The van der Waals surface area contributed by atoms with Crippen molar-refractivity contribution < 1.29 is 0 Å². The van der Waals surface area contributed by atoms with Gasteiger partial charge in [0.05, 0.1) is 4.87 Å². The van der Waals surface area contributed by atoms with E-state index in [1.165, 1.54) is 24.8 Å². The number of hydrogen-bond donors (Lipinski definition) is 0. The molecular formula is C16H21Cl. The van der Waals surface area contributed by atoms with Crippen molar-refractivity contribution in [1.82, 2.24) is 0 Å². The largest absolute Gasteiger partial charge is 0.118 e. The van der Waals surface area contributed by atoms with Crippen LogP contribution < -0.4 is 0 Å². The number of alkyl halides is 1. The predicted octanol–water partition coefficient (Wildman–Crippen LogP) is 5.01. The summed E-state index contributed by atoms with van der Waals surface area (Å²) in [4.78, 5) is -0.00375. The average Bonchev–Trinajstić information content (AvgIpc) is 2.98. The number of hydrogen-bond acceptors (Lipinski definition) is 0. The van der Waals surface area contributed by atoms with Gasteiger partial charge in [-0.2, -0.15) is 0 Å². The minimum absolute atomic E-state index is 0.00375. The molecule has 17 heavy (non-hydrogen) atoms. The lowest BCUT2D eigenvalue weighted by Gasteiger charge is -2.45. The number of rotatable bonds is 2. The first-order chi connectivity index (χ1) is 8.10. The summed E-state index contributed by atoms with van der Waals surface area (Å²) >= 11 is 6.83. The fraction of sp³-hybridized carbons (Fsp3) is 0.625. The van der Waals surface area contributed by atoms with Crippen LogP contribution in [0.25, 0.3) is 0 Å². The Morgan fingerprint density at radius 2 is 2.12 bits per heavy atom. The topological polar surface area (TPSA) is 0 Å². The molecule has 2 saturated carbocycles. The maximum Gasteiger partial charge on any atom is 0.0561 e. The summed E-state index contributed by atoms with van der Waals surface area (Å²) in [6, 6.07) is 0. The van der Waals surface area contributed by atoms with Crippen LogP contribution in [-0.2, 0) is 0 Å². The Bertz CT molecular complexity index is 408. The van der Waals surface area contributed by atoms with Crippen LogP contribution in [0.4, 0.5) is 0 Å². The SMILES string of the molecule is C=CC1(C23C=CCCC2(Cl)C3)CCCCC1=C. The molecule has 3 rings (SSSR count). The molecule has 0 spiro atoms. The molecule has 0 amide bonds. The normalized spacial score (nSPS) is 48.6. The lowest BCUT2D eigenvalue weighted by Crippen LogP contribution is -2.38. The summed E-state index contributed by atoms with van der Waals surface area (Å²) in [6.07, 6.45) is 15.1. The van der Waals surface area contributed by atoms with E-state index < -0.39 is 0 Å². The van der Waals surface area contributed by atoms with Crippen LogP contribution in [0.1, 0.15) is 44.9 Å². The van der Waals surface area contributed by atoms with Gasteiger partial charge in [0.15, 0.2) is 0 Å². The first kappa shape index (κ1) is 11.6. The van der Waals surface area contributed by atoms with Crippen molar-refractivity contribution in [3.05, 3.63) is 37.0 Å². The summed E-state index contributed by atoms with van der Waals surface area (Å²) < 4.78 is 0. The van der Waals surface area contributed by atoms with Crippen molar-refractivity contribution in [2.75, 3.05) is 0 Å². The highest BCUT2D eigenvalue weighted by molar-refractivity contribution is 6.27. The number of fused-ring (bicyclic) bond motifs is 1. The van der Waals surface area contributed by atoms with E-state index in [1.54, 1.807) is 0 Å². The molecule has 0 heterocycles. The Labute approximate surface area is 109 Å². The highest BCUT2D eigenvalue weighted by Crippen LogP contribution is 2.77. The molecule has 0 radical (unpaired) electrons. The molecule has 3 aliphatic carbocycles. The van der Waals surface area contributed by atoms with E-state index in [-0.39, 0.29) is 15.7 Å². The van der Waals surface area contributed by atoms with Crippen molar-refractivity contribution in [2.45, 2.75) is 49.8 Å². The fourth-order valence-electron chi connectivity index (χ4n) is 4.33. The molecule has 92 valence electrons. The molecule has 0 aliphatic heterocycles. The molecule has 0 nitrogen and oxygen atoms in total. The molecule has 1 heteroatoms. The van der Waals surface area contributed by atoms with Gasteiger partial charge in [-0.1, -0.05) is 36.8 Å². The minimum Gasteiger partial charge on any atom is -0.118 e. The molecule has 0 aromatic carbocycles. The van der Waals surface area contributed by atoms with Crippen molar-refractivity contribution in [1.29, 1.82) is 0 Å². The van der Waals surface area contributed by atoms with E-state index >= 15 is 0 Å². The van der Waals surface area contributed by atoms with Crippen LogP contribution in [-0.4, -0.2) is 4.87 Å². The van der Waals surface area contributed by atoms with Gasteiger partial charge in [0.2, 0.25) is 0 Å².